The van der Waals surface area contributed by atoms with Crippen molar-refractivity contribution >= 4 is 17.3 Å². The van der Waals surface area contributed by atoms with Crippen LogP contribution in [0.4, 0.5) is 11.4 Å². The number of nitro groups is 1. The number of nitrogens with one attached hydrogen (secondary N) is 1. The van der Waals surface area contributed by atoms with Crippen molar-refractivity contribution in [1.29, 1.82) is 0 Å². The van der Waals surface area contributed by atoms with Crippen molar-refractivity contribution in [2.75, 3.05) is 5.32 Å². The van der Waals surface area contributed by atoms with Gasteiger partial charge in [-0.15, -0.1) is 0 Å². The second-order valence-corrected chi connectivity index (χ2v) is 5.18. The SMILES string of the molecule is O=C(Nc1ccc(O)c([N+](=O)[O-])c1)[C@@H]1C[C@H]1c1cccnc1. The summed E-state index contributed by atoms with van der Waals surface area (Å²) in [7, 11) is 0. The number of phenols is 1. The zero-order chi connectivity index (χ0) is 15.7. The lowest BCUT2D eigenvalue weighted by Crippen LogP contribution is -2.14. The number of benzene rings is 1. The topological polar surface area (TPSA) is 105 Å². The third kappa shape index (κ3) is 2.73. The normalized spacial score (nSPS) is 19.5. The highest BCUT2D eigenvalue weighted by Gasteiger charge is 2.44. The number of rotatable bonds is 4. The number of hydrogen-bond acceptors (Lipinski definition) is 5. The average molecular weight is 299 g/mol. The highest BCUT2D eigenvalue weighted by Crippen LogP contribution is 2.47. The molecule has 1 aromatic heterocycles. The first kappa shape index (κ1) is 14.0. The predicted molar refractivity (Wildman–Crippen MR) is 78.5 cm³/mol. The van der Waals surface area contributed by atoms with Crippen LogP contribution in [0.3, 0.4) is 0 Å². The highest BCUT2D eigenvalue weighted by atomic mass is 16.6. The molecule has 1 aliphatic rings. The van der Waals surface area contributed by atoms with E-state index < -0.39 is 16.4 Å². The average Bonchev–Trinajstić information content (AvgIpc) is 3.30. The minimum atomic E-state index is -0.694. The molecule has 0 unspecified atom stereocenters. The lowest BCUT2D eigenvalue weighted by atomic mass is 10.1. The van der Waals surface area contributed by atoms with Gasteiger partial charge in [0.05, 0.1) is 4.92 Å². The summed E-state index contributed by atoms with van der Waals surface area (Å²) in [6, 6.07) is 7.53. The Labute approximate surface area is 125 Å². The van der Waals surface area contributed by atoms with Crippen LogP contribution in [0.2, 0.25) is 0 Å². The van der Waals surface area contributed by atoms with Crippen LogP contribution < -0.4 is 5.32 Å². The van der Waals surface area contributed by atoms with E-state index in [2.05, 4.69) is 10.3 Å². The van der Waals surface area contributed by atoms with Crippen LogP contribution in [0.15, 0.2) is 42.7 Å². The van der Waals surface area contributed by atoms with Crippen LogP contribution in [0.25, 0.3) is 0 Å². The molecule has 2 aromatic rings. The molecule has 3 rings (SSSR count). The van der Waals surface area contributed by atoms with Crippen molar-refractivity contribution in [3.63, 3.8) is 0 Å². The maximum absolute atomic E-state index is 12.2. The van der Waals surface area contributed by atoms with Gasteiger partial charge >= 0.3 is 5.69 Å². The molecule has 1 saturated carbocycles. The highest BCUT2D eigenvalue weighted by molar-refractivity contribution is 5.95. The Morgan fingerprint density at radius 2 is 2.23 bits per heavy atom. The lowest BCUT2D eigenvalue weighted by Gasteiger charge is -2.05. The summed E-state index contributed by atoms with van der Waals surface area (Å²) < 4.78 is 0. The van der Waals surface area contributed by atoms with Crippen LogP contribution >= 0.6 is 0 Å². The van der Waals surface area contributed by atoms with E-state index in [1.54, 1.807) is 12.4 Å². The van der Waals surface area contributed by atoms with Crippen molar-refractivity contribution < 1.29 is 14.8 Å². The van der Waals surface area contributed by atoms with Crippen molar-refractivity contribution in [3.05, 3.63) is 58.4 Å². The van der Waals surface area contributed by atoms with E-state index in [1.807, 2.05) is 12.1 Å². The smallest absolute Gasteiger partial charge is 0.312 e. The van der Waals surface area contributed by atoms with E-state index in [-0.39, 0.29) is 17.7 Å². The van der Waals surface area contributed by atoms with Gasteiger partial charge in [-0.2, -0.15) is 0 Å². The predicted octanol–water partition coefficient (Wildman–Crippen LogP) is 2.44. The Bertz CT molecular complexity index is 733. The molecule has 1 amide bonds. The van der Waals surface area contributed by atoms with E-state index in [1.165, 1.54) is 12.1 Å². The Kier molecular flexibility index (Phi) is 3.46. The van der Waals surface area contributed by atoms with Crippen molar-refractivity contribution in [1.82, 2.24) is 4.98 Å². The molecular formula is C15H13N3O4. The van der Waals surface area contributed by atoms with Crippen molar-refractivity contribution in [3.8, 4) is 5.75 Å². The van der Waals surface area contributed by atoms with Gasteiger partial charge in [0.25, 0.3) is 0 Å². The monoisotopic (exact) mass is 299 g/mol. The number of carbonyl (C=O) groups is 1. The summed E-state index contributed by atoms with van der Waals surface area (Å²) in [4.78, 5) is 26.3. The first-order valence-electron chi connectivity index (χ1n) is 6.74. The number of carbonyl (C=O) groups excluding carboxylic acids is 1. The number of hydrogen-bond donors (Lipinski definition) is 2. The molecule has 1 aliphatic carbocycles. The molecule has 0 spiro atoms. The van der Waals surface area contributed by atoms with Gasteiger partial charge in [0.15, 0.2) is 5.75 Å². The molecule has 2 N–H and O–H groups in total. The number of pyridine rings is 1. The number of phenolic OH excluding ortho intramolecular Hbond substituents is 1. The van der Waals surface area contributed by atoms with E-state index >= 15 is 0 Å². The summed E-state index contributed by atoms with van der Waals surface area (Å²) in [5.41, 5.74) is 0.878. The first-order valence-corrected chi connectivity index (χ1v) is 6.74. The maximum Gasteiger partial charge on any atom is 0.312 e. The Hall–Kier alpha value is -2.96. The minimum absolute atomic E-state index is 0.140. The second-order valence-electron chi connectivity index (χ2n) is 5.18. The third-order valence-electron chi connectivity index (χ3n) is 3.68. The molecule has 22 heavy (non-hydrogen) atoms. The van der Waals surface area contributed by atoms with Crippen LogP contribution in [0, 0.1) is 16.0 Å². The number of aromatic hydroxyl groups is 1. The molecule has 0 bridgehead atoms. The molecule has 1 aromatic carbocycles. The summed E-state index contributed by atoms with van der Waals surface area (Å²) in [5.74, 6) is -0.630. The fourth-order valence-electron chi connectivity index (χ4n) is 2.43. The zero-order valence-corrected chi connectivity index (χ0v) is 11.5. The summed E-state index contributed by atoms with van der Waals surface area (Å²) in [6.07, 6.45) is 4.15. The van der Waals surface area contributed by atoms with Crippen LogP contribution in [-0.2, 0) is 4.79 Å². The van der Waals surface area contributed by atoms with E-state index in [0.717, 1.165) is 18.1 Å². The van der Waals surface area contributed by atoms with Crippen molar-refractivity contribution in [2.45, 2.75) is 12.3 Å². The Morgan fingerprint density at radius 3 is 2.91 bits per heavy atom. The molecule has 7 nitrogen and oxygen atoms in total. The molecule has 7 heteroatoms. The van der Waals surface area contributed by atoms with E-state index in [0.29, 0.717) is 5.69 Å². The number of amides is 1. The van der Waals surface area contributed by atoms with Crippen LogP contribution in [0.1, 0.15) is 17.9 Å². The summed E-state index contributed by atoms with van der Waals surface area (Å²) in [6.45, 7) is 0. The van der Waals surface area contributed by atoms with Gasteiger partial charge in [-0.05, 0) is 36.1 Å². The zero-order valence-electron chi connectivity index (χ0n) is 11.5. The van der Waals surface area contributed by atoms with Gasteiger partial charge in [-0.25, -0.2) is 0 Å². The Morgan fingerprint density at radius 1 is 1.41 bits per heavy atom. The molecule has 1 fully saturated rings. The molecule has 0 aliphatic heterocycles. The first-order chi connectivity index (χ1) is 10.6. The van der Waals surface area contributed by atoms with Crippen LogP contribution in [0.5, 0.6) is 5.75 Å². The number of nitro benzene ring substituents is 1. The quantitative estimate of drug-likeness (QED) is 0.512. The van der Waals surface area contributed by atoms with Crippen LogP contribution in [-0.4, -0.2) is 20.9 Å². The molecule has 0 saturated heterocycles. The summed E-state index contributed by atoms with van der Waals surface area (Å²) in [5, 5.41) is 22.8. The molecule has 1 heterocycles. The van der Waals surface area contributed by atoms with E-state index in [9.17, 15) is 20.0 Å². The van der Waals surface area contributed by atoms with Crippen molar-refractivity contribution in [2.24, 2.45) is 5.92 Å². The van der Waals surface area contributed by atoms with E-state index in [4.69, 9.17) is 0 Å². The molecule has 112 valence electrons. The van der Waals surface area contributed by atoms with Gasteiger partial charge in [0.2, 0.25) is 5.91 Å². The fraction of sp³-hybridized carbons (Fsp3) is 0.200. The molecular weight excluding hydrogens is 286 g/mol. The minimum Gasteiger partial charge on any atom is -0.502 e. The lowest BCUT2D eigenvalue weighted by molar-refractivity contribution is -0.385. The maximum atomic E-state index is 12.2. The fourth-order valence-corrected chi connectivity index (χ4v) is 2.43. The third-order valence-corrected chi connectivity index (χ3v) is 3.68. The van der Waals surface area contributed by atoms with Gasteiger partial charge in [-0.3, -0.25) is 19.9 Å². The number of nitrogens with zero attached hydrogens (tertiary/aromatic N) is 2. The number of aromatic nitrogens is 1. The summed E-state index contributed by atoms with van der Waals surface area (Å²) >= 11 is 0. The van der Waals surface area contributed by atoms with Gasteiger partial charge < -0.3 is 10.4 Å². The molecule has 2 atom stereocenters. The second kappa shape index (κ2) is 5.44. The molecule has 0 radical (unpaired) electrons. The number of anilines is 1. The van der Waals surface area contributed by atoms with Gasteiger partial charge in [-0.1, -0.05) is 6.07 Å². The standard InChI is InChI=1S/C15H13N3O4/c19-14-4-3-10(6-13(14)18(21)22)17-15(20)12-7-11(12)9-2-1-5-16-8-9/h1-6,8,11-12,19H,7H2,(H,17,20)/t11-,12+/m0/s1. The van der Waals surface area contributed by atoms with Gasteiger partial charge in [0, 0.05) is 30.1 Å². The Balaban J connectivity index is 1.69. The van der Waals surface area contributed by atoms with Gasteiger partial charge in [0.1, 0.15) is 0 Å². The largest absolute Gasteiger partial charge is 0.502 e.